The first-order valence-electron chi connectivity index (χ1n) is 5.49. The van der Waals surface area contributed by atoms with Gasteiger partial charge >= 0.3 is 97.1 Å². The molecule has 0 saturated carbocycles. The molecule has 0 aliphatic rings. The van der Waals surface area contributed by atoms with Crippen LogP contribution >= 0.6 is 0 Å². The molecule has 0 saturated heterocycles. The van der Waals surface area contributed by atoms with E-state index in [0.29, 0.717) is 20.5 Å². The van der Waals surface area contributed by atoms with Crippen molar-refractivity contribution in [2.75, 3.05) is 6.54 Å². The van der Waals surface area contributed by atoms with Crippen LogP contribution in [0, 0.1) is 0 Å². The monoisotopic (exact) mass is 267 g/mol. The number of rotatable bonds is 4. The van der Waals surface area contributed by atoms with Crippen LogP contribution in [0.15, 0.2) is 29.2 Å². The third-order valence-corrected chi connectivity index (χ3v) is 4.76. The maximum atomic E-state index is 3.47. The summed E-state index contributed by atoms with van der Waals surface area (Å²) in [4.78, 5) is 2.44. The first-order chi connectivity index (χ1) is 7.31. The van der Waals surface area contributed by atoms with Crippen molar-refractivity contribution in [1.29, 1.82) is 0 Å². The molecule has 1 atom stereocenters. The van der Waals surface area contributed by atoms with Crippen molar-refractivity contribution in [2.24, 2.45) is 0 Å². The molecular weight excluding hydrogens is 249 g/mol. The van der Waals surface area contributed by atoms with E-state index in [2.05, 4.69) is 48.4 Å². The number of likely N-dealkylation sites (N-methyl/N-ethyl adjacent to an activating group) is 1. The second kappa shape index (κ2) is 4.98. The topological polar surface area (TPSA) is 12.0 Å². The van der Waals surface area contributed by atoms with Gasteiger partial charge in [-0.15, -0.1) is 0 Å². The molecule has 0 amide bonds. The van der Waals surface area contributed by atoms with Gasteiger partial charge in [0.2, 0.25) is 0 Å². The summed E-state index contributed by atoms with van der Waals surface area (Å²) in [6.45, 7) is 5.48. The van der Waals surface area contributed by atoms with Gasteiger partial charge in [-0.3, -0.25) is 0 Å². The average molecular weight is 266 g/mol. The van der Waals surface area contributed by atoms with Gasteiger partial charge in [-0.05, 0) is 0 Å². The fourth-order valence-corrected chi connectivity index (χ4v) is 3.99. The molecular formula is C13H17NSe. The molecule has 0 radical (unpaired) electrons. The first-order valence-corrected chi connectivity index (χ1v) is 7.34. The van der Waals surface area contributed by atoms with Crippen molar-refractivity contribution in [3.05, 3.63) is 34.8 Å². The van der Waals surface area contributed by atoms with Gasteiger partial charge in [0.25, 0.3) is 0 Å². The van der Waals surface area contributed by atoms with Gasteiger partial charge in [0.1, 0.15) is 0 Å². The van der Waals surface area contributed by atoms with Crippen molar-refractivity contribution in [1.82, 2.24) is 5.32 Å². The Morgan fingerprint density at radius 3 is 2.93 bits per heavy atom. The first kappa shape index (κ1) is 10.9. The number of nitrogens with one attached hydrogen (secondary N) is 1. The van der Waals surface area contributed by atoms with Crippen molar-refractivity contribution >= 4 is 24.1 Å². The van der Waals surface area contributed by atoms with Crippen LogP contribution in [-0.4, -0.2) is 27.1 Å². The van der Waals surface area contributed by atoms with Gasteiger partial charge in [-0.1, -0.05) is 0 Å². The van der Waals surface area contributed by atoms with E-state index in [1.54, 1.807) is 9.82 Å². The van der Waals surface area contributed by atoms with Crippen LogP contribution in [0.2, 0.25) is 0 Å². The SMILES string of the molecule is CCN[C@H](C)Cc1c[se]c2ccccc12. The second-order valence-electron chi connectivity index (χ2n) is 3.92. The molecule has 2 aromatic rings. The molecule has 2 heteroatoms. The Labute approximate surface area is 97.2 Å². The molecule has 1 aromatic carbocycles. The molecule has 1 nitrogen and oxygen atoms in total. The molecule has 1 heterocycles. The fourth-order valence-electron chi connectivity index (χ4n) is 1.94. The molecule has 0 aliphatic carbocycles. The third-order valence-electron chi connectivity index (χ3n) is 2.64. The molecule has 0 unspecified atom stereocenters. The molecule has 2 rings (SSSR count). The molecule has 0 bridgehead atoms. The molecule has 80 valence electrons. The van der Waals surface area contributed by atoms with Crippen molar-refractivity contribution in [3.63, 3.8) is 0 Å². The summed E-state index contributed by atoms with van der Waals surface area (Å²) in [5.74, 6) is 0. The Bertz CT molecular complexity index is 433. The van der Waals surface area contributed by atoms with Crippen molar-refractivity contribution < 1.29 is 0 Å². The van der Waals surface area contributed by atoms with Crippen molar-refractivity contribution in [3.8, 4) is 0 Å². The van der Waals surface area contributed by atoms with Crippen molar-refractivity contribution in [2.45, 2.75) is 26.3 Å². The van der Waals surface area contributed by atoms with E-state index >= 15 is 0 Å². The summed E-state index contributed by atoms with van der Waals surface area (Å²) in [6.07, 6.45) is 1.16. The van der Waals surface area contributed by atoms with E-state index in [0.717, 1.165) is 13.0 Å². The Morgan fingerprint density at radius 1 is 1.33 bits per heavy atom. The van der Waals surface area contributed by atoms with Crippen LogP contribution in [-0.2, 0) is 6.42 Å². The number of benzene rings is 1. The minimum absolute atomic E-state index is 0.567. The molecule has 15 heavy (non-hydrogen) atoms. The van der Waals surface area contributed by atoms with E-state index in [4.69, 9.17) is 0 Å². The average Bonchev–Trinajstić information content (AvgIpc) is 2.62. The zero-order valence-electron chi connectivity index (χ0n) is 9.29. The number of hydrogen-bond donors (Lipinski definition) is 1. The predicted octanol–water partition coefficient (Wildman–Crippen LogP) is 2.44. The summed E-state index contributed by atoms with van der Waals surface area (Å²) in [5.41, 5.74) is 1.54. The summed E-state index contributed by atoms with van der Waals surface area (Å²) in [6, 6.07) is 9.39. The minimum atomic E-state index is 0.567. The van der Waals surface area contributed by atoms with Crippen LogP contribution in [0.3, 0.4) is 0 Å². The molecule has 0 aliphatic heterocycles. The zero-order valence-corrected chi connectivity index (χ0v) is 11.0. The predicted molar refractivity (Wildman–Crippen MR) is 67.7 cm³/mol. The van der Waals surface area contributed by atoms with E-state index in [1.807, 2.05) is 0 Å². The Morgan fingerprint density at radius 2 is 2.13 bits per heavy atom. The fraction of sp³-hybridized carbons (Fsp3) is 0.385. The van der Waals surface area contributed by atoms with Gasteiger partial charge in [0.15, 0.2) is 0 Å². The van der Waals surface area contributed by atoms with Gasteiger partial charge in [-0.2, -0.15) is 0 Å². The molecule has 0 spiro atoms. The second-order valence-corrected chi connectivity index (χ2v) is 5.83. The summed E-state index contributed by atoms with van der Waals surface area (Å²) >= 11 is 0.567. The third kappa shape index (κ3) is 2.52. The Kier molecular flexibility index (Phi) is 3.63. The van der Waals surface area contributed by atoms with Gasteiger partial charge < -0.3 is 0 Å². The van der Waals surface area contributed by atoms with Gasteiger partial charge in [-0.25, -0.2) is 0 Å². The van der Waals surface area contributed by atoms with E-state index in [1.165, 1.54) is 5.39 Å². The number of fused-ring (bicyclic) bond motifs is 1. The zero-order chi connectivity index (χ0) is 10.7. The van der Waals surface area contributed by atoms with Crippen LogP contribution in [0.5, 0.6) is 0 Å². The van der Waals surface area contributed by atoms with Crippen LogP contribution < -0.4 is 5.32 Å². The van der Waals surface area contributed by atoms with E-state index < -0.39 is 0 Å². The Balaban J connectivity index is 2.21. The molecule has 1 N–H and O–H groups in total. The molecule has 1 aromatic heterocycles. The quantitative estimate of drug-likeness (QED) is 0.838. The standard InChI is InChI=1S/C13H17NSe/c1-3-14-10(2)8-11-9-15-13-7-5-4-6-12(11)13/h4-7,9-10,14H,3,8H2,1-2H3/t10-/m1/s1. The summed E-state index contributed by atoms with van der Waals surface area (Å²) in [5, 5.41) is 4.96. The van der Waals surface area contributed by atoms with Gasteiger partial charge in [0.05, 0.1) is 0 Å². The normalized spacial score (nSPS) is 13.2. The molecule has 0 fully saturated rings. The Hall–Kier alpha value is -0.561. The maximum absolute atomic E-state index is 3.47. The summed E-state index contributed by atoms with van der Waals surface area (Å²) in [7, 11) is 0. The van der Waals surface area contributed by atoms with Crippen LogP contribution in [0.25, 0.3) is 9.65 Å². The van der Waals surface area contributed by atoms with Crippen LogP contribution in [0.4, 0.5) is 0 Å². The van der Waals surface area contributed by atoms with Gasteiger partial charge in [0, 0.05) is 0 Å². The van der Waals surface area contributed by atoms with E-state index in [9.17, 15) is 0 Å². The van der Waals surface area contributed by atoms with Crippen LogP contribution in [0.1, 0.15) is 19.4 Å². The van der Waals surface area contributed by atoms with E-state index in [-0.39, 0.29) is 0 Å². The summed E-state index contributed by atoms with van der Waals surface area (Å²) < 4.78 is 1.55. The number of hydrogen-bond acceptors (Lipinski definition) is 1.